The zero-order valence-electron chi connectivity index (χ0n) is 12.1. The Morgan fingerprint density at radius 1 is 1.50 bits per heavy atom. The molecule has 0 aromatic carbocycles. The van der Waals surface area contributed by atoms with Crippen LogP contribution in [0.5, 0.6) is 5.75 Å². The first-order valence-electron chi connectivity index (χ1n) is 7.15. The van der Waals surface area contributed by atoms with Crippen LogP contribution in [0.15, 0.2) is 12.1 Å². The Morgan fingerprint density at radius 3 is 2.75 bits per heavy atom. The summed E-state index contributed by atoms with van der Waals surface area (Å²) >= 11 is 0. The SMILES string of the molecule is Cc1ccc(O)c(NC(=O)C2(CN)CCC(C)CC2)n1. The van der Waals surface area contributed by atoms with Crippen molar-refractivity contribution in [1.29, 1.82) is 0 Å². The highest BCUT2D eigenvalue weighted by Crippen LogP contribution is 2.39. The van der Waals surface area contributed by atoms with E-state index in [9.17, 15) is 9.90 Å². The van der Waals surface area contributed by atoms with Crippen molar-refractivity contribution in [2.45, 2.75) is 39.5 Å². The lowest BCUT2D eigenvalue weighted by molar-refractivity contribution is -0.127. The van der Waals surface area contributed by atoms with E-state index >= 15 is 0 Å². The van der Waals surface area contributed by atoms with Crippen molar-refractivity contribution < 1.29 is 9.90 Å². The van der Waals surface area contributed by atoms with Crippen LogP contribution in [0.2, 0.25) is 0 Å². The van der Waals surface area contributed by atoms with E-state index in [1.54, 1.807) is 6.07 Å². The number of anilines is 1. The lowest BCUT2D eigenvalue weighted by Crippen LogP contribution is -2.45. The number of aromatic hydroxyl groups is 1. The summed E-state index contributed by atoms with van der Waals surface area (Å²) in [7, 11) is 0. The van der Waals surface area contributed by atoms with Gasteiger partial charge in [-0.2, -0.15) is 0 Å². The zero-order chi connectivity index (χ0) is 14.8. The van der Waals surface area contributed by atoms with Crippen LogP contribution in [0.1, 0.15) is 38.3 Å². The van der Waals surface area contributed by atoms with E-state index in [4.69, 9.17) is 5.73 Å². The van der Waals surface area contributed by atoms with E-state index in [0.717, 1.165) is 31.4 Å². The molecule has 20 heavy (non-hydrogen) atoms. The van der Waals surface area contributed by atoms with Crippen molar-refractivity contribution in [3.05, 3.63) is 17.8 Å². The molecule has 1 aliphatic rings. The van der Waals surface area contributed by atoms with Crippen molar-refractivity contribution in [3.63, 3.8) is 0 Å². The number of nitrogens with two attached hydrogens (primary N) is 1. The third-order valence-corrected chi connectivity index (χ3v) is 4.35. The van der Waals surface area contributed by atoms with E-state index < -0.39 is 5.41 Å². The van der Waals surface area contributed by atoms with Crippen LogP contribution in [0, 0.1) is 18.3 Å². The predicted molar refractivity (Wildman–Crippen MR) is 78.4 cm³/mol. The number of hydrogen-bond donors (Lipinski definition) is 3. The number of pyridine rings is 1. The number of nitrogens with zero attached hydrogens (tertiary/aromatic N) is 1. The minimum absolute atomic E-state index is 0.0136. The van der Waals surface area contributed by atoms with E-state index in [-0.39, 0.29) is 17.5 Å². The van der Waals surface area contributed by atoms with Gasteiger partial charge in [-0.1, -0.05) is 6.92 Å². The quantitative estimate of drug-likeness (QED) is 0.790. The van der Waals surface area contributed by atoms with Gasteiger partial charge in [0, 0.05) is 12.2 Å². The summed E-state index contributed by atoms with van der Waals surface area (Å²) in [6.07, 6.45) is 3.61. The van der Waals surface area contributed by atoms with Crippen molar-refractivity contribution >= 4 is 11.7 Å². The molecule has 1 aromatic rings. The zero-order valence-corrected chi connectivity index (χ0v) is 12.1. The monoisotopic (exact) mass is 277 g/mol. The number of carbonyl (C=O) groups is 1. The number of nitrogens with one attached hydrogen (secondary N) is 1. The second-order valence-corrected chi connectivity index (χ2v) is 5.94. The average Bonchev–Trinajstić information content (AvgIpc) is 2.44. The van der Waals surface area contributed by atoms with Crippen LogP contribution < -0.4 is 11.1 Å². The second kappa shape index (κ2) is 5.79. The normalized spacial score (nSPS) is 26.2. The lowest BCUT2D eigenvalue weighted by Gasteiger charge is -2.37. The molecule has 1 aromatic heterocycles. The van der Waals surface area contributed by atoms with Crippen LogP contribution in [-0.4, -0.2) is 22.5 Å². The number of carbonyl (C=O) groups excluding carboxylic acids is 1. The molecule has 0 aliphatic heterocycles. The topological polar surface area (TPSA) is 88.2 Å². The fourth-order valence-corrected chi connectivity index (χ4v) is 2.72. The Morgan fingerprint density at radius 2 is 2.15 bits per heavy atom. The summed E-state index contributed by atoms with van der Waals surface area (Å²) in [6, 6.07) is 3.24. The first-order valence-corrected chi connectivity index (χ1v) is 7.15. The van der Waals surface area contributed by atoms with Crippen molar-refractivity contribution in [3.8, 4) is 5.75 Å². The van der Waals surface area contributed by atoms with Gasteiger partial charge in [0.15, 0.2) is 11.6 Å². The van der Waals surface area contributed by atoms with Gasteiger partial charge in [0.25, 0.3) is 0 Å². The maximum absolute atomic E-state index is 12.5. The number of aromatic nitrogens is 1. The number of amides is 1. The molecular formula is C15H23N3O2. The molecule has 4 N–H and O–H groups in total. The minimum atomic E-state index is -0.523. The standard InChI is InChI=1S/C15H23N3O2/c1-10-5-7-15(9-16,8-6-10)14(20)18-13-12(19)4-3-11(2)17-13/h3-4,10,19H,5-9,16H2,1-2H3,(H,17,18,20). The third kappa shape index (κ3) is 2.93. The number of hydrogen-bond acceptors (Lipinski definition) is 4. The molecule has 2 rings (SSSR count). The van der Waals surface area contributed by atoms with Gasteiger partial charge in [0.05, 0.1) is 5.41 Å². The van der Waals surface area contributed by atoms with E-state index in [1.165, 1.54) is 6.07 Å². The van der Waals surface area contributed by atoms with Gasteiger partial charge in [0.2, 0.25) is 5.91 Å². The fourth-order valence-electron chi connectivity index (χ4n) is 2.72. The summed E-state index contributed by atoms with van der Waals surface area (Å²) in [5, 5.41) is 12.5. The molecule has 0 spiro atoms. The number of rotatable bonds is 3. The lowest BCUT2D eigenvalue weighted by atomic mass is 9.70. The van der Waals surface area contributed by atoms with Crippen molar-refractivity contribution in [1.82, 2.24) is 4.98 Å². The summed E-state index contributed by atoms with van der Waals surface area (Å²) in [5.41, 5.74) is 6.09. The van der Waals surface area contributed by atoms with E-state index in [0.29, 0.717) is 12.5 Å². The molecular weight excluding hydrogens is 254 g/mol. The van der Waals surface area contributed by atoms with Gasteiger partial charge >= 0.3 is 0 Å². The van der Waals surface area contributed by atoms with Crippen LogP contribution in [0.4, 0.5) is 5.82 Å². The minimum Gasteiger partial charge on any atom is -0.504 e. The van der Waals surface area contributed by atoms with Crippen LogP contribution in [0.3, 0.4) is 0 Å². The number of aryl methyl sites for hydroxylation is 1. The van der Waals surface area contributed by atoms with Gasteiger partial charge in [0.1, 0.15) is 0 Å². The molecule has 1 saturated carbocycles. The maximum atomic E-state index is 12.5. The molecule has 1 heterocycles. The first kappa shape index (κ1) is 14.8. The fraction of sp³-hybridized carbons (Fsp3) is 0.600. The Balaban J connectivity index is 2.15. The largest absolute Gasteiger partial charge is 0.504 e. The molecule has 0 atom stereocenters. The van der Waals surface area contributed by atoms with Crippen LogP contribution in [0.25, 0.3) is 0 Å². The molecule has 0 bridgehead atoms. The van der Waals surface area contributed by atoms with Crippen LogP contribution >= 0.6 is 0 Å². The summed E-state index contributed by atoms with van der Waals surface area (Å²) in [5.74, 6) is 0.731. The molecule has 0 unspecified atom stereocenters. The average molecular weight is 277 g/mol. The Labute approximate surface area is 119 Å². The van der Waals surface area contributed by atoms with Gasteiger partial charge < -0.3 is 16.2 Å². The molecule has 1 aliphatic carbocycles. The highest BCUT2D eigenvalue weighted by atomic mass is 16.3. The molecule has 5 heteroatoms. The Kier molecular flexibility index (Phi) is 4.28. The van der Waals surface area contributed by atoms with Gasteiger partial charge in [-0.15, -0.1) is 0 Å². The second-order valence-electron chi connectivity index (χ2n) is 5.94. The molecule has 1 amide bonds. The first-order chi connectivity index (χ1) is 9.47. The molecule has 0 radical (unpaired) electrons. The highest BCUT2D eigenvalue weighted by molar-refractivity contribution is 5.95. The smallest absolute Gasteiger partial charge is 0.233 e. The van der Waals surface area contributed by atoms with Crippen molar-refractivity contribution in [2.24, 2.45) is 17.1 Å². The Bertz CT molecular complexity index is 494. The molecule has 5 nitrogen and oxygen atoms in total. The predicted octanol–water partition coefficient (Wildman–Crippen LogP) is 2.19. The Hall–Kier alpha value is -1.62. The van der Waals surface area contributed by atoms with Gasteiger partial charge in [-0.05, 0) is 50.7 Å². The maximum Gasteiger partial charge on any atom is 0.233 e. The third-order valence-electron chi connectivity index (χ3n) is 4.35. The molecule has 110 valence electrons. The van der Waals surface area contributed by atoms with E-state index in [1.807, 2.05) is 6.92 Å². The molecule has 0 saturated heterocycles. The van der Waals surface area contributed by atoms with Gasteiger partial charge in [-0.3, -0.25) is 4.79 Å². The van der Waals surface area contributed by atoms with Crippen LogP contribution in [-0.2, 0) is 4.79 Å². The summed E-state index contributed by atoms with van der Waals surface area (Å²) in [6.45, 7) is 4.35. The summed E-state index contributed by atoms with van der Waals surface area (Å²) in [4.78, 5) is 16.7. The highest BCUT2D eigenvalue weighted by Gasteiger charge is 2.40. The van der Waals surface area contributed by atoms with Crippen molar-refractivity contribution in [2.75, 3.05) is 11.9 Å². The molecule has 1 fully saturated rings. The van der Waals surface area contributed by atoms with Gasteiger partial charge in [-0.25, -0.2) is 4.98 Å². The summed E-state index contributed by atoms with van der Waals surface area (Å²) < 4.78 is 0. The van der Waals surface area contributed by atoms with E-state index in [2.05, 4.69) is 17.2 Å².